The molecule has 0 bridgehead atoms. The number of halogens is 3. The molecular weight excluding hydrogens is 161 g/mol. The molecule has 0 aromatic heterocycles. The first-order chi connectivity index (χ1) is 5.06. The summed E-state index contributed by atoms with van der Waals surface area (Å²) in [4.78, 5) is 0. The first-order valence-electron chi connectivity index (χ1n) is 3.03. The van der Waals surface area contributed by atoms with E-state index in [1.54, 1.807) is 0 Å². The van der Waals surface area contributed by atoms with Crippen LogP contribution in [-0.4, -0.2) is 18.3 Å². The van der Waals surface area contributed by atoms with Crippen molar-refractivity contribution >= 4 is 0 Å². The zero-order valence-corrected chi connectivity index (χ0v) is 6.40. The van der Waals surface area contributed by atoms with E-state index in [1.165, 1.54) is 0 Å². The molecule has 0 aliphatic heterocycles. The fourth-order valence-electron chi connectivity index (χ4n) is 0.204. The van der Waals surface area contributed by atoms with E-state index in [-0.39, 0.29) is 0 Å². The van der Waals surface area contributed by atoms with Crippen LogP contribution in [0.3, 0.4) is 0 Å². The second kappa shape index (κ2) is 9.29. The van der Waals surface area contributed by atoms with Crippen molar-refractivity contribution in [3.8, 4) is 0 Å². The maximum atomic E-state index is 10.5. The van der Waals surface area contributed by atoms with Crippen LogP contribution in [0.5, 0.6) is 0 Å². The molecule has 0 aliphatic rings. The minimum Gasteiger partial charge on any atom is -0.483 e. The minimum atomic E-state index is -2.69. The Bertz CT molecular complexity index is 94.4. The molecule has 0 radical (unpaired) electrons. The second-order valence-electron chi connectivity index (χ2n) is 1.33. The normalized spacial score (nSPS) is 8.09. The van der Waals surface area contributed by atoms with E-state index in [9.17, 15) is 13.2 Å². The molecule has 68 valence electrons. The third-order valence-electron chi connectivity index (χ3n) is 0.564. The first-order valence-corrected chi connectivity index (χ1v) is 3.03. The van der Waals surface area contributed by atoms with Crippen LogP contribution in [0, 0.1) is 0 Å². The van der Waals surface area contributed by atoms with Crippen molar-refractivity contribution in [2.24, 2.45) is 0 Å². The molecule has 0 fully saturated rings. The third-order valence-corrected chi connectivity index (χ3v) is 0.564. The maximum absolute atomic E-state index is 10.5. The lowest BCUT2D eigenvalue weighted by Gasteiger charge is -1.86. The average Bonchev–Trinajstić information content (AvgIpc) is 1.90. The number of hydrogen-bond donors (Lipinski definition) is 1. The van der Waals surface area contributed by atoms with Crippen molar-refractivity contribution < 1.29 is 23.0 Å². The van der Waals surface area contributed by atoms with Crippen molar-refractivity contribution in [2.45, 2.75) is 13.8 Å². The summed E-state index contributed by atoms with van der Waals surface area (Å²) >= 11 is 0. The molecule has 0 spiro atoms. The quantitative estimate of drug-likeness (QED) is 0.649. The van der Waals surface area contributed by atoms with Gasteiger partial charge in [0.15, 0.2) is 0 Å². The van der Waals surface area contributed by atoms with Crippen LogP contribution in [0.2, 0.25) is 0 Å². The summed E-state index contributed by atoms with van der Waals surface area (Å²) in [5, 5.41) is 7.09. The summed E-state index contributed by atoms with van der Waals surface area (Å²) in [6, 6.07) is -2.41. The number of aliphatic hydroxyl groups excluding tert-OH is 1. The molecule has 0 rings (SSSR count). The Balaban J connectivity index is 0. The van der Waals surface area contributed by atoms with Gasteiger partial charge in [-0.2, -0.15) is 13.2 Å². The van der Waals surface area contributed by atoms with Crippen LogP contribution >= 0.6 is 0 Å². The van der Waals surface area contributed by atoms with Crippen molar-refractivity contribution in [1.82, 2.24) is 0 Å². The molecule has 0 aromatic rings. The zero-order chi connectivity index (χ0) is 9.28. The number of hydrogen-bond acceptors (Lipinski definition) is 2. The molecule has 11 heavy (non-hydrogen) atoms. The standard InChI is InChI=1S/C4H10O.C2HF3O/c1-3-5-4-2;3-1(4)2(5)6/h3-4H2,1-2H3;6H. The summed E-state index contributed by atoms with van der Waals surface area (Å²) < 4.78 is 36.2. The largest absolute Gasteiger partial charge is 0.483 e. The van der Waals surface area contributed by atoms with E-state index in [0.29, 0.717) is 0 Å². The number of rotatable bonds is 2. The Labute approximate surface area is 63.3 Å². The smallest absolute Gasteiger partial charge is 0.341 e. The van der Waals surface area contributed by atoms with Crippen molar-refractivity contribution in [3.05, 3.63) is 12.1 Å². The van der Waals surface area contributed by atoms with Gasteiger partial charge in [0.25, 0.3) is 0 Å². The molecule has 5 heteroatoms. The number of ether oxygens (including phenoxy) is 1. The predicted octanol–water partition coefficient (Wildman–Crippen LogP) is 2.62. The SMILES string of the molecule is CCOCC.OC(F)=C(F)F. The van der Waals surface area contributed by atoms with Crippen molar-refractivity contribution in [2.75, 3.05) is 13.2 Å². The summed E-state index contributed by atoms with van der Waals surface area (Å²) in [6.45, 7) is 5.67. The Morgan fingerprint density at radius 1 is 1.18 bits per heavy atom. The molecule has 0 heterocycles. The fourth-order valence-corrected chi connectivity index (χ4v) is 0.204. The van der Waals surface area contributed by atoms with Gasteiger partial charge in [-0.3, -0.25) is 0 Å². The molecule has 0 aromatic carbocycles. The molecule has 2 nitrogen and oxygen atoms in total. The second-order valence-corrected chi connectivity index (χ2v) is 1.33. The van der Waals surface area contributed by atoms with Gasteiger partial charge in [-0.1, -0.05) is 0 Å². The zero-order valence-electron chi connectivity index (χ0n) is 6.40. The van der Waals surface area contributed by atoms with Crippen LogP contribution in [0.1, 0.15) is 13.8 Å². The van der Waals surface area contributed by atoms with Crippen LogP contribution in [0.15, 0.2) is 12.1 Å². The number of aliphatic hydroxyl groups is 1. The van der Waals surface area contributed by atoms with Crippen LogP contribution in [-0.2, 0) is 4.74 Å². The molecule has 0 aliphatic carbocycles. The molecule has 0 atom stereocenters. The highest BCUT2D eigenvalue weighted by Gasteiger charge is 1.96. The van der Waals surface area contributed by atoms with Crippen molar-refractivity contribution in [3.63, 3.8) is 0 Å². The predicted molar refractivity (Wildman–Crippen MR) is 35.1 cm³/mol. The van der Waals surface area contributed by atoms with Gasteiger partial charge >= 0.3 is 12.1 Å². The topological polar surface area (TPSA) is 29.5 Å². The molecule has 1 N–H and O–H groups in total. The van der Waals surface area contributed by atoms with E-state index >= 15 is 0 Å². The first kappa shape index (κ1) is 12.9. The molecule has 0 saturated carbocycles. The lowest BCUT2D eigenvalue weighted by Crippen LogP contribution is -1.84. The van der Waals surface area contributed by atoms with Gasteiger partial charge < -0.3 is 9.84 Å². The summed E-state index contributed by atoms with van der Waals surface area (Å²) in [5.74, 6) is 0. The van der Waals surface area contributed by atoms with Gasteiger partial charge in [-0.15, -0.1) is 0 Å². The highest BCUT2D eigenvalue weighted by molar-refractivity contribution is 4.76. The average molecular weight is 172 g/mol. The van der Waals surface area contributed by atoms with E-state index in [1.807, 2.05) is 13.8 Å². The molecule has 0 saturated heterocycles. The van der Waals surface area contributed by atoms with E-state index in [4.69, 9.17) is 9.84 Å². The fraction of sp³-hybridized carbons (Fsp3) is 0.667. The van der Waals surface area contributed by atoms with Gasteiger partial charge in [0.05, 0.1) is 0 Å². The van der Waals surface area contributed by atoms with E-state index < -0.39 is 12.1 Å². The highest BCUT2D eigenvalue weighted by Crippen LogP contribution is 2.02. The summed E-state index contributed by atoms with van der Waals surface area (Å²) in [6.07, 6.45) is -2.69. The van der Waals surface area contributed by atoms with Gasteiger partial charge in [-0.05, 0) is 13.8 Å². The molecular formula is C6H11F3O2. The van der Waals surface area contributed by atoms with Crippen LogP contribution in [0.4, 0.5) is 13.2 Å². The summed E-state index contributed by atoms with van der Waals surface area (Å²) in [5.41, 5.74) is 0. The third kappa shape index (κ3) is 17.6. The Morgan fingerprint density at radius 3 is 1.45 bits per heavy atom. The van der Waals surface area contributed by atoms with E-state index in [0.717, 1.165) is 13.2 Å². The maximum Gasteiger partial charge on any atom is 0.341 e. The Hall–Kier alpha value is -0.710. The molecule has 0 unspecified atom stereocenters. The van der Waals surface area contributed by atoms with Crippen LogP contribution in [0.25, 0.3) is 0 Å². The lowest BCUT2D eigenvalue weighted by atomic mass is 10.8. The summed E-state index contributed by atoms with van der Waals surface area (Å²) in [7, 11) is 0. The Morgan fingerprint density at radius 2 is 1.45 bits per heavy atom. The van der Waals surface area contributed by atoms with Gasteiger partial charge in [-0.25, -0.2) is 0 Å². The molecule has 0 amide bonds. The van der Waals surface area contributed by atoms with Gasteiger partial charge in [0.2, 0.25) is 0 Å². The van der Waals surface area contributed by atoms with Gasteiger partial charge in [0, 0.05) is 13.2 Å². The monoisotopic (exact) mass is 172 g/mol. The van der Waals surface area contributed by atoms with Crippen LogP contribution < -0.4 is 0 Å². The van der Waals surface area contributed by atoms with Gasteiger partial charge in [0.1, 0.15) is 0 Å². The highest BCUT2D eigenvalue weighted by atomic mass is 19.3. The van der Waals surface area contributed by atoms with Crippen molar-refractivity contribution in [1.29, 1.82) is 0 Å². The Kier molecular flexibility index (Phi) is 10.9. The van der Waals surface area contributed by atoms with E-state index in [2.05, 4.69) is 0 Å². The minimum absolute atomic E-state index is 0.844. The lowest BCUT2D eigenvalue weighted by molar-refractivity contribution is 0.162.